The first-order valence-corrected chi connectivity index (χ1v) is 12.8. The van der Waals surface area contributed by atoms with Gasteiger partial charge in [-0.1, -0.05) is 12.5 Å². The molecule has 1 aliphatic heterocycles. The first-order chi connectivity index (χ1) is 16.1. The fraction of sp³-hybridized carbons (Fsp3) is 0.480. The van der Waals surface area contributed by atoms with Gasteiger partial charge in [0.1, 0.15) is 0 Å². The molecule has 0 spiro atoms. The lowest BCUT2D eigenvalue weighted by Gasteiger charge is -2.32. The van der Waals surface area contributed by atoms with Crippen LogP contribution in [0.5, 0.6) is 17.2 Å². The van der Waals surface area contributed by atoms with Crippen LogP contribution in [-0.4, -0.2) is 52.5 Å². The quantitative estimate of drug-likeness (QED) is 0.599. The van der Waals surface area contributed by atoms with E-state index in [4.69, 9.17) is 14.2 Å². The Labute approximate surface area is 202 Å². The molecule has 0 bridgehead atoms. The van der Waals surface area contributed by atoms with Crippen molar-refractivity contribution in [2.45, 2.75) is 57.0 Å². The number of carbonyl (C=O) groups is 1. The van der Waals surface area contributed by atoms with E-state index in [2.05, 4.69) is 5.32 Å². The molecular weight excluding hydrogens is 456 g/mol. The minimum absolute atomic E-state index is 0.0580. The summed E-state index contributed by atoms with van der Waals surface area (Å²) in [5, 5.41) is 2.96. The monoisotopic (exact) mass is 490 g/mol. The fourth-order valence-electron chi connectivity index (χ4n) is 4.28. The third kappa shape index (κ3) is 5.15. The zero-order valence-corrected chi connectivity index (χ0v) is 21.5. The molecule has 1 amide bonds. The third-order valence-corrected chi connectivity index (χ3v) is 8.35. The first-order valence-electron chi connectivity index (χ1n) is 11.4. The number of nitrogens with one attached hydrogen (secondary N) is 1. The van der Waals surface area contributed by atoms with Gasteiger partial charge in [-0.25, -0.2) is 8.42 Å². The highest BCUT2D eigenvalue weighted by Crippen LogP contribution is 2.39. The van der Waals surface area contributed by atoms with Crippen LogP contribution in [0.25, 0.3) is 0 Å². The van der Waals surface area contributed by atoms with Crippen LogP contribution in [0.3, 0.4) is 0 Å². The van der Waals surface area contributed by atoms with E-state index in [1.165, 1.54) is 27.4 Å². The molecule has 0 aliphatic carbocycles. The number of benzene rings is 2. The Morgan fingerprint density at radius 3 is 2.26 bits per heavy atom. The Hall–Kier alpha value is -2.78. The molecule has 34 heavy (non-hydrogen) atoms. The number of methoxy groups -OCH3 is 3. The summed E-state index contributed by atoms with van der Waals surface area (Å²) < 4.78 is 44.3. The highest BCUT2D eigenvalue weighted by Gasteiger charge is 2.31. The molecule has 1 fully saturated rings. The van der Waals surface area contributed by atoms with Crippen molar-refractivity contribution in [3.05, 3.63) is 47.0 Å². The molecule has 1 aliphatic rings. The molecule has 2 unspecified atom stereocenters. The van der Waals surface area contributed by atoms with Crippen LogP contribution in [0.1, 0.15) is 60.6 Å². The molecule has 3 rings (SSSR count). The maximum atomic E-state index is 13.3. The van der Waals surface area contributed by atoms with Crippen molar-refractivity contribution in [3.63, 3.8) is 0 Å². The van der Waals surface area contributed by atoms with Crippen molar-refractivity contribution >= 4 is 15.9 Å². The summed E-state index contributed by atoms with van der Waals surface area (Å²) in [6.07, 6.45) is 2.70. The Bertz CT molecular complexity index is 1120. The third-order valence-electron chi connectivity index (χ3n) is 6.34. The second kappa shape index (κ2) is 10.7. The average molecular weight is 491 g/mol. The van der Waals surface area contributed by atoms with Gasteiger partial charge in [0.15, 0.2) is 11.5 Å². The van der Waals surface area contributed by atoms with Gasteiger partial charge in [0, 0.05) is 18.2 Å². The second-order valence-electron chi connectivity index (χ2n) is 8.59. The van der Waals surface area contributed by atoms with Crippen molar-refractivity contribution in [2.75, 3.05) is 27.9 Å². The molecule has 8 nitrogen and oxygen atoms in total. The zero-order valence-electron chi connectivity index (χ0n) is 20.7. The Morgan fingerprint density at radius 1 is 1.06 bits per heavy atom. The van der Waals surface area contributed by atoms with E-state index in [1.807, 2.05) is 13.8 Å². The number of ether oxygens (including phenoxy) is 3. The Balaban J connectivity index is 1.88. The van der Waals surface area contributed by atoms with Crippen LogP contribution in [0.15, 0.2) is 35.2 Å². The van der Waals surface area contributed by atoms with Crippen LogP contribution in [0.2, 0.25) is 0 Å². The van der Waals surface area contributed by atoms with Crippen molar-refractivity contribution < 1.29 is 27.4 Å². The lowest BCUT2D eigenvalue weighted by atomic mass is 10.0. The summed E-state index contributed by atoms with van der Waals surface area (Å²) in [6.45, 7) is 6.05. The summed E-state index contributed by atoms with van der Waals surface area (Å²) in [4.78, 5) is 13.3. The summed E-state index contributed by atoms with van der Waals surface area (Å²) in [6, 6.07) is 7.82. The largest absolute Gasteiger partial charge is 0.493 e. The van der Waals surface area contributed by atoms with Crippen molar-refractivity contribution in [1.82, 2.24) is 9.62 Å². The summed E-state index contributed by atoms with van der Waals surface area (Å²) >= 11 is 0. The van der Waals surface area contributed by atoms with Gasteiger partial charge in [0.05, 0.1) is 32.3 Å². The number of rotatable bonds is 8. The maximum Gasteiger partial charge on any atom is 0.252 e. The average Bonchev–Trinajstić information content (AvgIpc) is 2.83. The van der Waals surface area contributed by atoms with Gasteiger partial charge in [-0.2, -0.15) is 4.31 Å². The SMILES string of the molecule is COc1cc(C(C)NC(=O)c2cc(S(=O)(=O)N3CCCCC3C)ccc2C)cc(OC)c1OC. The number of hydrogen-bond acceptors (Lipinski definition) is 6. The molecule has 9 heteroatoms. The van der Waals surface area contributed by atoms with Gasteiger partial charge in [0.2, 0.25) is 15.8 Å². The Morgan fingerprint density at radius 2 is 1.71 bits per heavy atom. The number of hydrogen-bond donors (Lipinski definition) is 1. The number of carbonyl (C=O) groups excluding carboxylic acids is 1. The lowest BCUT2D eigenvalue weighted by Crippen LogP contribution is -2.42. The number of amides is 1. The minimum Gasteiger partial charge on any atom is -0.493 e. The topological polar surface area (TPSA) is 94.2 Å². The van der Waals surface area contributed by atoms with E-state index >= 15 is 0 Å². The predicted molar refractivity (Wildman–Crippen MR) is 130 cm³/mol. The van der Waals surface area contributed by atoms with Crippen LogP contribution < -0.4 is 19.5 Å². The molecule has 0 radical (unpaired) electrons. The van der Waals surface area contributed by atoms with Crippen molar-refractivity contribution in [3.8, 4) is 17.2 Å². The van der Waals surface area contributed by atoms with Crippen molar-refractivity contribution in [1.29, 1.82) is 0 Å². The van der Waals surface area contributed by atoms with E-state index in [1.54, 1.807) is 35.5 Å². The van der Waals surface area contributed by atoms with Gasteiger partial charge in [-0.15, -0.1) is 0 Å². The van der Waals surface area contributed by atoms with E-state index in [0.717, 1.165) is 24.8 Å². The molecule has 0 saturated carbocycles. The second-order valence-corrected chi connectivity index (χ2v) is 10.5. The highest BCUT2D eigenvalue weighted by atomic mass is 32.2. The van der Waals surface area contributed by atoms with Crippen LogP contribution in [0, 0.1) is 6.92 Å². The van der Waals surface area contributed by atoms with E-state index < -0.39 is 16.1 Å². The van der Waals surface area contributed by atoms with E-state index in [0.29, 0.717) is 34.9 Å². The van der Waals surface area contributed by atoms with Gasteiger partial charge < -0.3 is 19.5 Å². The molecule has 186 valence electrons. The number of nitrogens with zero attached hydrogens (tertiary/aromatic N) is 1. The van der Waals surface area contributed by atoms with Crippen molar-refractivity contribution in [2.24, 2.45) is 0 Å². The highest BCUT2D eigenvalue weighted by molar-refractivity contribution is 7.89. The number of piperidine rings is 1. The maximum absolute atomic E-state index is 13.3. The first kappa shape index (κ1) is 25.8. The standard InChI is InChI=1S/C25H34N2O6S/c1-16-10-11-20(34(29,30)27-12-8-7-9-17(27)2)15-21(16)25(28)26-18(3)19-13-22(31-4)24(33-6)23(14-19)32-5/h10-11,13-15,17-18H,7-9,12H2,1-6H3,(H,26,28). The fourth-order valence-corrected chi connectivity index (χ4v) is 6.01. The molecule has 1 saturated heterocycles. The minimum atomic E-state index is -3.68. The molecule has 2 aromatic rings. The van der Waals surface area contributed by atoms with Gasteiger partial charge in [0.25, 0.3) is 5.91 Å². The van der Waals surface area contributed by atoms with Gasteiger partial charge in [-0.05, 0) is 69.0 Å². The summed E-state index contributed by atoms with van der Waals surface area (Å²) in [5.74, 6) is 1.08. The Kier molecular flexibility index (Phi) is 8.09. The zero-order chi connectivity index (χ0) is 25.0. The molecule has 1 heterocycles. The predicted octanol–water partition coefficient (Wildman–Crippen LogP) is 4.07. The molecule has 2 atom stereocenters. The smallest absolute Gasteiger partial charge is 0.252 e. The number of sulfonamides is 1. The summed E-state index contributed by atoms with van der Waals surface area (Å²) in [7, 11) is 0.905. The van der Waals surface area contributed by atoms with Gasteiger partial charge in [-0.3, -0.25) is 4.79 Å². The van der Waals surface area contributed by atoms with E-state index in [9.17, 15) is 13.2 Å². The lowest BCUT2D eigenvalue weighted by molar-refractivity contribution is 0.0939. The molecule has 1 N–H and O–H groups in total. The normalized spacial score (nSPS) is 17.6. The summed E-state index contributed by atoms with van der Waals surface area (Å²) in [5.41, 5.74) is 1.77. The van der Waals surface area contributed by atoms with E-state index in [-0.39, 0.29) is 16.8 Å². The molecule has 2 aromatic carbocycles. The van der Waals surface area contributed by atoms with Crippen LogP contribution in [0.4, 0.5) is 0 Å². The molecule has 0 aromatic heterocycles. The number of aryl methyl sites for hydroxylation is 1. The molecular formula is C25H34N2O6S. The van der Waals surface area contributed by atoms with Gasteiger partial charge >= 0.3 is 0 Å². The van der Waals surface area contributed by atoms with Crippen LogP contribution >= 0.6 is 0 Å². The van der Waals surface area contributed by atoms with Crippen LogP contribution in [-0.2, 0) is 10.0 Å².